The summed E-state index contributed by atoms with van der Waals surface area (Å²) in [5.41, 5.74) is 0.797. The number of rotatable bonds is 3. The Morgan fingerprint density at radius 3 is 2.64 bits per heavy atom. The summed E-state index contributed by atoms with van der Waals surface area (Å²) in [6, 6.07) is 0. The van der Waals surface area contributed by atoms with E-state index in [4.69, 9.17) is 16.7 Å². The first-order valence-corrected chi connectivity index (χ1v) is 4.57. The second-order valence-corrected chi connectivity index (χ2v) is 3.13. The molecule has 0 aliphatic rings. The lowest BCUT2D eigenvalue weighted by Crippen LogP contribution is -2.03. The summed E-state index contributed by atoms with van der Waals surface area (Å²) in [6.07, 6.45) is -1.23. The summed E-state index contributed by atoms with van der Waals surface area (Å²) < 4.78 is 25.2. The third-order valence-corrected chi connectivity index (χ3v) is 2.34. The Morgan fingerprint density at radius 2 is 2.21 bits per heavy atom. The van der Waals surface area contributed by atoms with Crippen LogP contribution in [0.3, 0.4) is 0 Å². The number of hydrogen-bond acceptors (Lipinski definition) is 2. The molecular formula is C9H10ClF2NO. The number of aliphatic hydroxyl groups is 1. The van der Waals surface area contributed by atoms with Crippen molar-refractivity contribution in [3.8, 4) is 0 Å². The molecule has 0 aliphatic carbocycles. The highest BCUT2D eigenvalue weighted by Crippen LogP contribution is 2.28. The zero-order chi connectivity index (χ0) is 10.7. The topological polar surface area (TPSA) is 33.1 Å². The van der Waals surface area contributed by atoms with Gasteiger partial charge >= 0.3 is 0 Å². The number of halogens is 3. The molecule has 2 nitrogen and oxygen atoms in total. The zero-order valence-electron chi connectivity index (χ0n) is 7.60. The van der Waals surface area contributed by atoms with Gasteiger partial charge in [-0.3, -0.25) is 4.98 Å². The largest absolute Gasteiger partial charge is 0.392 e. The van der Waals surface area contributed by atoms with Crippen molar-refractivity contribution in [1.82, 2.24) is 4.98 Å². The maximum Gasteiger partial charge on any atom is 0.265 e. The van der Waals surface area contributed by atoms with Crippen molar-refractivity contribution in [2.24, 2.45) is 0 Å². The summed E-state index contributed by atoms with van der Waals surface area (Å²) in [5, 5.41) is 8.87. The van der Waals surface area contributed by atoms with E-state index in [1.165, 1.54) is 13.1 Å². The van der Waals surface area contributed by atoms with E-state index in [2.05, 4.69) is 4.98 Å². The standard InChI is InChI=1S/C9H10ClF2NO/c1-5-6(4-14)3-13-7(2-10)8(5)9(11)12/h3,9,14H,2,4H2,1H3. The first kappa shape index (κ1) is 11.3. The number of aromatic nitrogens is 1. The maximum absolute atomic E-state index is 12.6. The predicted octanol–water partition coefficient (Wildman–Crippen LogP) is 2.56. The first-order chi connectivity index (χ1) is 6.61. The van der Waals surface area contributed by atoms with Gasteiger partial charge in [-0.2, -0.15) is 0 Å². The van der Waals surface area contributed by atoms with Crippen LogP contribution in [0.1, 0.15) is 28.8 Å². The van der Waals surface area contributed by atoms with Gasteiger partial charge in [0.25, 0.3) is 6.43 Å². The van der Waals surface area contributed by atoms with Gasteiger partial charge in [0.15, 0.2) is 0 Å². The van der Waals surface area contributed by atoms with Crippen molar-refractivity contribution < 1.29 is 13.9 Å². The molecule has 1 N–H and O–H groups in total. The monoisotopic (exact) mass is 221 g/mol. The summed E-state index contributed by atoms with van der Waals surface area (Å²) >= 11 is 5.49. The molecule has 0 amide bonds. The molecule has 5 heteroatoms. The number of alkyl halides is 3. The fraction of sp³-hybridized carbons (Fsp3) is 0.444. The molecular weight excluding hydrogens is 212 g/mol. The molecule has 0 bridgehead atoms. The van der Waals surface area contributed by atoms with Crippen molar-refractivity contribution in [3.63, 3.8) is 0 Å². The van der Waals surface area contributed by atoms with Crippen LogP contribution in [-0.4, -0.2) is 10.1 Å². The summed E-state index contributed by atoms with van der Waals surface area (Å²) in [4.78, 5) is 3.78. The normalized spacial score (nSPS) is 11.0. The van der Waals surface area contributed by atoms with E-state index in [9.17, 15) is 8.78 Å². The van der Waals surface area contributed by atoms with Crippen LogP contribution in [0.15, 0.2) is 6.20 Å². The third kappa shape index (κ3) is 2.01. The minimum Gasteiger partial charge on any atom is -0.392 e. The van der Waals surface area contributed by atoms with Crippen molar-refractivity contribution >= 4 is 11.6 Å². The van der Waals surface area contributed by atoms with Crippen LogP contribution in [0, 0.1) is 6.92 Å². The van der Waals surface area contributed by atoms with Gasteiger partial charge in [-0.15, -0.1) is 11.6 Å². The molecule has 0 aliphatic heterocycles. The Balaban J connectivity index is 3.31. The second-order valence-electron chi connectivity index (χ2n) is 2.86. The smallest absolute Gasteiger partial charge is 0.265 e. The van der Waals surface area contributed by atoms with Crippen molar-refractivity contribution in [2.75, 3.05) is 0 Å². The van der Waals surface area contributed by atoms with Crippen molar-refractivity contribution in [1.29, 1.82) is 0 Å². The SMILES string of the molecule is Cc1c(CO)cnc(CCl)c1C(F)F. The van der Waals surface area contributed by atoms with Crippen LogP contribution in [0.5, 0.6) is 0 Å². The van der Waals surface area contributed by atoms with Gasteiger partial charge in [0, 0.05) is 11.8 Å². The molecule has 1 rings (SSSR count). The molecule has 14 heavy (non-hydrogen) atoms. The second kappa shape index (κ2) is 4.66. The van der Waals surface area contributed by atoms with Crippen LogP contribution in [0.4, 0.5) is 8.78 Å². The van der Waals surface area contributed by atoms with E-state index in [1.54, 1.807) is 0 Å². The lowest BCUT2D eigenvalue weighted by atomic mass is 10.0. The lowest BCUT2D eigenvalue weighted by Gasteiger charge is -2.11. The minimum atomic E-state index is -2.61. The molecule has 0 spiro atoms. The molecule has 0 saturated heterocycles. The Labute approximate surface area is 85.5 Å². The number of hydrogen-bond donors (Lipinski definition) is 1. The van der Waals surface area contributed by atoms with E-state index < -0.39 is 6.43 Å². The number of pyridine rings is 1. The van der Waals surface area contributed by atoms with Gasteiger partial charge in [-0.05, 0) is 18.1 Å². The average Bonchev–Trinajstić information content (AvgIpc) is 2.16. The molecule has 1 heterocycles. The van der Waals surface area contributed by atoms with Crippen molar-refractivity contribution in [3.05, 3.63) is 28.6 Å². The van der Waals surface area contributed by atoms with Crippen LogP contribution < -0.4 is 0 Å². The van der Waals surface area contributed by atoms with E-state index in [0.29, 0.717) is 11.1 Å². The Bertz CT molecular complexity index is 331. The van der Waals surface area contributed by atoms with Gasteiger partial charge in [-0.1, -0.05) is 0 Å². The van der Waals surface area contributed by atoms with Crippen LogP contribution >= 0.6 is 11.6 Å². The van der Waals surface area contributed by atoms with E-state index in [0.717, 1.165) is 0 Å². The molecule has 0 aromatic carbocycles. The summed E-state index contributed by atoms with van der Waals surface area (Å²) in [7, 11) is 0. The highest BCUT2D eigenvalue weighted by molar-refractivity contribution is 6.17. The van der Waals surface area contributed by atoms with E-state index in [-0.39, 0.29) is 23.7 Å². The molecule has 1 aromatic rings. The number of nitrogens with zero attached hydrogens (tertiary/aromatic N) is 1. The summed E-state index contributed by atoms with van der Waals surface area (Å²) in [6.45, 7) is 1.24. The number of aliphatic hydroxyl groups excluding tert-OH is 1. The first-order valence-electron chi connectivity index (χ1n) is 4.04. The molecule has 78 valence electrons. The van der Waals surface area contributed by atoms with Gasteiger partial charge in [0.05, 0.1) is 18.2 Å². The third-order valence-electron chi connectivity index (χ3n) is 2.09. The van der Waals surface area contributed by atoms with Crippen LogP contribution in [0.25, 0.3) is 0 Å². The minimum absolute atomic E-state index is 0.0494. The van der Waals surface area contributed by atoms with Gasteiger partial charge < -0.3 is 5.11 Å². The fourth-order valence-corrected chi connectivity index (χ4v) is 1.48. The van der Waals surface area contributed by atoms with Gasteiger partial charge in [-0.25, -0.2) is 8.78 Å². The average molecular weight is 222 g/mol. The van der Waals surface area contributed by atoms with Crippen LogP contribution in [-0.2, 0) is 12.5 Å². The zero-order valence-corrected chi connectivity index (χ0v) is 8.35. The highest BCUT2D eigenvalue weighted by atomic mass is 35.5. The Morgan fingerprint density at radius 1 is 1.57 bits per heavy atom. The predicted molar refractivity (Wildman–Crippen MR) is 49.4 cm³/mol. The molecule has 0 saturated carbocycles. The quantitative estimate of drug-likeness (QED) is 0.796. The maximum atomic E-state index is 12.6. The van der Waals surface area contributed by atoms with E-state index in [1.807, 2.05) is 0 Å². The molecule has 0 radical (unpaired) electrons. The van der Waals surface area contributed by atoms with Gasteiger partial charge in [0.1, 0.15) is 0 Å². The molecule has 0 unspecified atom stereocenters. The van der Waals surface area contributed by atoms with Crippen LogP contribution in [0.2, 0.25) is 0 Å². The lowest BCUT2D eigenvalue weighted by molar-refractivity contribution is 0.148. The Kier molecular flexibility index (Phi) is 3.77. The molecule has 0 atom stereocenters. The fourth-order valence-electron chi connectivity index (χ4n) is 1.27. The van der Waals surface area contributed by atoms with Crippen molar-refractivity contribution in [2.45, 2.75) is 25.8 Å². The molecule has 1 aromatic heterocycles. The Hall–Kier alpha value is -0.740. The summed E-state index contributed by atoms with van der Waals surface area (Å²) in [5.74, 6) is -0.0494. The molecule has 0 fully saturated rings. The highest BCUT2D eigenvalue weighted by Gasteiger charge is 2.18. The van der Waals surface area contributed by atoms with Gasteiger partial charge in [0.2, 0.25) is 0 Å². The van der Waals surface area contributed by atoms with E-state index >= 15 is 0 Å².